The maximum absolute atomic E-state index is 5.13. The number of nitrogens with zero attached hydrogens (tertiary/aromatic N) is 5. The Kier molecular flexibility index (Phi) is 5.64. The second-order valence-corrected chi connectivity index (χ2v) is 14.3. The van der Waals surface area contributed by atoms with Gasteiger partial charge in [-0.15, -0.1) is 22.7 Å². The van der Waals surface area contributed by atoms with Gasteiger partial charge in [0.15, 0.2) is 5.82 Å². The maximum Gasteiger partial charge on any atom is 0.160 e. The first-order valence-electron chi connectivity index (χ1n) is 16.1. The van der Waals surface area contributed by atoms with Crippen LogP contribution in [0, 0.1) is 0 Å². The number of hydrogen-bond donors (Lipinski definition) is 0. The molecule has 0 spiro atoms. The summed E-state index contributed by atoms with van der Waals surface area (Å²) in [5.74, 6) is 0.711. The van der Waals surface area contributed by atoms with E-state index in [4.69, 9.17) is 15.0 Å². The number of aromatic nitrogens is 5. The zero-order valence-corrected chi connectivity index (χ0v) is 27.5. The van der Waals surface area contributed by atoms with Gasteiger partial charge in [0.1, 0.15) is 11.2 Å². The standard InChI is InChI=1S/C42H23N5S2/c1-2-10-24(11-3-1)37-27-12-4-7-15-31(27)45-41(46-37)25-18-20-26(21-19-25)47-32-16-8-5-13-28(32)34-35-29-14-6-9-17-33(29)48-39(35)36-30-22-43-23-44-42(30)49-40(36)38(34)47/h1-23H. The fourth-order valence-corrected chi connectivity index (χ4v) is 9.96. The number of para-hydroxylation sites is 2. The molecule has 5 aromatic heterocycles. The first-order valence-corrected chi connectivity index (χ1v) is 17.8. The summed E-state index contributed by atoms with van der Waals surface area (Å²) < 4.78 is 6.25. The Balaban J connectivity index is 1.20. The molecule has 0 radical (unpaired) electrons. The Hall–Kier alpha value is -6.02. The summed E-state index contributed by atoms with van der Waals surface area (Å²) in [6, 6.07) is 44.9. The van der Waals surface area contributed by atoms with Crippen LogP contribution in [0.1, 0.15) is 0 Å². The second kappa shape index (κ2) is 10.2. The second-order valence-electron chi connectivity index (χ2n) is 12.3. The van der Waals surface area contributed by atoms with Crippen LogP contribution in [0.25, 0.3) is 102 Å². The lowest BCUT2D eigenvalue weighted by Gasteiger charge is -2.12. The minimum Gasteiger partial charge on any atom is -0.308 e. The summed E-state index contributed by atoms with van der Waals surface area (Å²) in [7, 11) is 0. The van der Waals surface area contributed by atoms with Crippen molar-refractivity contribution in [2.24, 2.45) is 0 Å². The van der Waals surface area contributed by atoms with Crippen molar-refractivity contribution < 1.29 is 0 Å². The first-order chi connectivity index (χ1) is 24.3. The molecule has 49 heavy (non-hydrogen) atoms. The third kappa shape index (κ3) is 3.85. The van der Waals surface area contributed by atoms with Crippen LogP contribution in [-0.4, -0.2) is 24.5 Å². The van der Waals surface area contributed by atoms with Crippen LogP contribution in [0.3, 0.4) is 0 Å². The Morgan fingerprint density at radius 1 is 0.531 bits per heavy atom. The summed E-state index contributed by atoms with van der Waals surface area (Å²) in [4.78, 5) is 20.3. The Labute approximate surface area is 287 Å². The van der Waals surface area contributed by atoms with E-state index < -0.39 is 0 Å². The molecule has 6 aromatic carbocycles. The molecule has 0 saturated carbocycles. The van der Waals surface area contributed by atoms with Crippen molar-refractivity contribution in [2.45, 2.75) is 0 Å². The Morgan fingerprint density at radius 3 is 2.16 bits per heavy atom. The van der Waals surface area contributed by atoms with Gasteiger partial charge in [-0.25, -0.2) is 19.9 Å². The summed E-state index contributed by atoms with van der Waals surface area (Å²) in [6.45, 7) is 0. The molecule has 0 aliphatic carbocycles. The minimum absolute atomic E-state index is 0.711. The molecule has 5 nitrogen and oxygen atoms in total. The van der Waals surface area contributed by atoms with E-state index in [9.17, 15) is 0 Å². The first kappa shape index (κ1) is 27.0. The zero-order valence-electron chi connectivity index (χ0n) is 25.8. The number of hydrogen-bond acceptors (Lipinski definition) is 6. The van der Waals surface area contributed by atoms with Crippen LogP contribution in [0.4, 0.5) is 0 Å². The van der Waals surface area contributed by atoms with Gasteiger partial charge in [0.2, 0.25) is 0 Å². The van der Waals surface area contributed by atoms with Gasteiger partial charge >= 0.3 is 0 Å². The van der Waals surface area contributed by atoms with Crippen molar-refractivity contribution in [3.63, 3.8) is 0 Å². The van der Waals surface area contributed by atoms with E-state index in [1.165, 1.54) is 52.1 Å². The molecule has 0 N–H and O–H groups in total. The van der Waals surface area contributed by atoms with E-state index in [-0.39, 0.29) is 0 Å². The highest BCUT2D eigenvalue weighted by Crippen LogP contribution is 2.51. The molecule has 0 saturated heterocycles. The topological polar surface area (TPSA) is 56.5 Å². The molecular weight excluding hydrogens is 639 g/mol. The van der Waals surface area contributed by atoms with Crippen molar-refractivity contribution >= 4 is 95.9 Å². The summed E-state index contributed by atoms with van der Waals surface area (Å²) in [5, 5.41) is 8.50. The average molecular weight is 662 g/mol. The van der Waals surface area contributed by atoms with E-state index in [0.717, 1.165) is 43.6 Å². The molecule has 11 aromatic rings. The van der Waals surface area contributed by atoms with Crippen molar-refractivity contribution in [1.29, 1.82) is 0 Å². The van der Waals surface area contributed by atoms with Crippen LogP contribution in [0.2, 0.25) is 0 Å². The third-order valence-corrected chi connectivity index (χ3v) is 11.9. The highest BCUT2D eigenvalue weighted by molar-refractivity contribution is 7.30. The predicted octanol–water partition coefficient (Wildman–Crippen LogP) is 11.6. The van der Waals surface area contributed by atoms with Gasteiger partial charge in [-0.05, 0) is 42.5 Å². The molecule has 11 rings (SSSR count). The number of fused-ring (bicyclic) bond motifs is 13. The SMILES string of the molecule is c1ccc(-c2nc(-c3ccc(-n4c5ccccc5c5c6c7ccccc7sc6c6c7cncnc7sc6c54)cc3)nc3ccccc23)cc1. The predicted molar refractivity (Wildman–Crippen MR) is 206 cm³/mol. The van der Waals surface area contributed by atoms with E-state index in [1.807, 2.05) is 35.7 Å². The van der Waals surface area contributed by atoms with Crippen molar-refractivity contribution in [3.8, 4) is 28.3 Å². The zero-order chi connectivity index (χ0) is 32.1. The molecule has 7 heteroatoms. The van der Waals surface area contributed by atoms with Gasteiger partial charge in [0, 0.05) is 70.1 Å². The normalized spacial score (nSPS) is 12.1. The Morgan fingerprint density at radius 2 is 1.29 bits per heavy atom. The molecule has 0 fully saturated rings. The van der Waals surface area contributed by atoms with Crippen LogP contribution < -0.4 is 0 Å². The van der Waals surface area contributed by atoms with Gasteiger partial charge < -0.3 is 4.57 Å². The van der Waals surface area contributed by atoms with Crippen molar-refractivity contribution in [3.05, 3.63) is 140 Å². The van der Waals surface area contributed by atoms with Crippen LogP contribution >= 0.6 is 22.7 Å². The molecule has 0 unspecified atom stereocenters. The number of rotatable bonds is 3. The largest absolute Gasteiger partial charge is 0.308 e. The van der Waals surface area contributed by atoms with Gasteiger partial charge in [0.25, 0.3) is 0 Å². The Bertz CT molecular complexity index is 3100. The highest BCUT2D eigenvalue weighted by Gasteiger charge is 2.24. The van der Waals surface area contributed by atoms with Crippen LogP contribution in [-0.2, 0) is 0 Å². The van der Waals surface area contributed by atoms with E-state index in [1.54, 1.807) is 17.7 Å². The summed E-state index contributed by atoms with van der Waals surface area (Å²) >= 11 is 3.62. The lowest BCUT2D eigenvalue weighted by Crippen LogP contribution is -1.97. The van der Waals surface area contributed by atoms with Crippen LogP contribution in [0.15, 0.2) is 140 Å². The molecule has 0 bridgehead atoms. The molecular formula is C42H23N5S2. The van der Waals surface area contributed by atoms with Gasteiger partial charge in [-0.3, -0.25) is 0 Å². The van der Waals surface area contributed by atoms with E-state index >= 15 is 0 Å². The number of thiophene rings is 2. The molecule has 0 aliphatic heterocycles. The molecule has 0 aliphatic rings. The van der Waals surface area contributed by atoms with Crippen LogP contribution in [0.5, 0.6) is 0 Å². The summed E-state index contributed by atoms with van der Waals surface area (Å²) in [6.07, 6.45) is 3.63. The molecule has 5 heterocycles. The lowest BCUT2D eigenvalue weighted by atomic mass is 10.0. The number of benzene rings is 6. The molecule has 0 atom stereocenters. The smallest absolute Gasteiger partial charge is 0.160 e. The minimum atomic E-state index is 0.711. The fourth-order valence-electron chi connectivity index (χ4n) is 7.46. The van der Waals surface area contributed by atoms with Gasteiger partial charge in [-0.2, -0.15) is 0 Å². The van der Waals surface area contributed by atoms with E-state index in [0.29, 0.717) is 5.82 Å². The molecule has 0 amide bonds. The summed E-state index contributed by atoms with van der Waals surface area (Å²) in [5.41, 5.74) is 7.38. The third-order valence-electron chi connectivity index (χ3n) is 9.57. The average Bonchev–Trinajstić information content (AvgIpc) is 3.85. The monoisotopic (exact) mass is 661 g/mol. The maximum atomic E-state index is 5.13. The quantitative estimate of drug-likeness (QED) is 0.189. The lowest BCUT2D eigenvalue weighted by molar-refractivity contribution is 1.18. The highest BCUT2D eigenvalue weighted by atomic mass is 32.1. The fraction of sp³-hybridized carbons (Fsp3) is 0. The van der Waals surface area contributed by atoms with Gasteiger partial charge in [0.05, 0.1) is 26.9 Å². The van der Waals surface area contributed by atoms with Crippen molar-refractivity contribution in [2.75, 3.05) is 0 Å². The van der Waals surface area contributed by atoms with E-state index in [2.05, 4.69) is 119 Å². The molecule has 228 valence electrons. The van der Waals surface area contributed by atoms with Crippen molar-refractivity contribution in [1.82, 2.24) is 24.5 Å². The van der Waals surface area contributed by atoms with Gasteiger partial charge in [-0.1, -0.05) is 84.9 Å².